The van der Waals surface area contributed by atoms with Crippen LogP contribution in [0.25, 0.3) is 0 Å². The quantitative estimate of drug-likeness (QED) is 0.915. The number of hydrogen-bond donors (Lipinski definition) is 1. The predicted molar refractivity (Wildman–Crippen MR) is 77.0 cm³/mol. The van der Waals surface area contributed by atoms with E-state index in [1.807, 2.05) is 6.07 Å². The first-order chi connectivity index (χ1) is 8.96. The monoisotopic (exact) mass is 303 g/mol. The lowest BCUT2D eigenvalue weighted by molar-refractivity contribution is 0.411. The Balaban J connectivity index is 1.99. The Kier molecular flexibility index (Phi) is 4.65. The van der Waals surface area contributed by atoms with Crippen LogP contribution < -0.4 is 9.62 Å². The van der Waals surface area contributed by atoms with E-state index in [4.69, 9.17) is 11.6 Å². The molecule has 0 bridgehead atoms. The largest absolute Gasteiger partial charge is 0.370 e. The number of hydrogen-bond acceptors (Lipinski definition) is 4. The summed E-state index contributed by atoms with van der Waals surface area (Å²) in [7, 11) is -3.12. The highest BCUT2D eigenvalue weighted by atomic mass is 35.5. The normalized spacial score (nSPS) is 20.5. The fourth-order valence-electron chi connectivity index (χ4n) is 2.34. The number of piperidine rings is 1. The molecule has 1 aliphatic heterocycles. The number of nitrogens with one attached hydrogen (secondary N) is 1. The Hall–Kier alpha value is -0.850. The van der Waals surface area contributed by atoms with Crippen LogP contribution in [0, 0.1) is 5.92 Å². The van der Waals surface area contributed by atoms with Crippen LogP contribution in [0.1, 0.15) is 12.8 Å². The van der Waals surface area contributed by atoms with E-state index in [0.29, 0.717) is 17.5 Å². The van der Waals surface area contributed by atoms with Crippen molar-refractivity contribution in [3.05, 3.63) is 23.5 Å². The van der Waals surface area contributed by atoms with Gasteiger partial charge in [-0.1, -0.05) is 11.6 Å². The lowest BCUT2D eigenvalue weighted by Crippen LogP contribution is -2.40. The number of rotatable bonds is 4. The summed E-state index contributed by atoms with van der Waals surface area (Å²) in [4.78, 5) is 6.17. The van der Waals surface area contributed by atoms with Gasteiger partial charge in [0.2, 0.25) is 10.0 Å². The minimum absolute atomic E-state index is 0.313. The third-order valence-electron chi connectivity index (χ3n) is 3.24. The van der Waals surface area contributed by atoms with Gasteiger partial charge in [0.05, 0.1) is 17.0 Å². The van der Waals surface area contributed by atoms with Crippen molar-refractivity contribution in [1.82, 2.24) is 9.71 Å². The number of nitrogens with zero attached hydrogens (tertiary/aromatic N) is 2. The summed E-state index contributed by atoms with van der Waals surface area (Å²) >= 11 is 6.14. The van der Waals surface area contributed by atoms with Gasteiger partial charge < -0.3 is 4.90 Å². The van der Waals surface area contributed by atoms with E-state index in [-0.39, 0.29) is 0 Å². The second kappa shape index (κ2) is 6.07. The van der Waals surface area contributed by atoms with Crippen LogP contribution in [0.3, 0.4) is 0 Å². The van der Waals surface area contributed by atoms with E-state index in [0.717, 1.165) is 31.6 Å². The molecule has 1 atom stereocenters. The smallest absolute Gasteiger partial charge is 0.208 e. The van der Waals surface area contributed by atoms with Gasteiger partial charge in [-0.3, -0.25) is 4.98 Å². The van der Waals surface area contributed by atoms with Crippen molar-refractivity contribution in [2.75, 3.05) is 30.8 Å². The van der Waals surface area contributed by atoms with Crippen LogP contribution in [0.15, 0.2) is 18.5 Å². The number of anilines is 1. The standard InChI is InChI=1S/C12H18ClN3O2S/c1-19(17,18)15-7-10-3-2-6-16(9-10)12-4-5-14-8-11(12)13/h4-5,8,10,15H,2-3,6-7,9H2,1H3/t10-/m1/s1. The molecule has 7 heteroatoms. The molecule has 1 aromatic heterocycles. The lowest BCUT2D eigenvalue weighted by atomic mass is 9.98. The molecular weight excluding hydrogens is 286 g/mol. The summed E-state index contributed by atoms with van der Waals surface area (Å²) in [5.41, 5.74) is 0.973. The third kappa shape index (κ3) is 4.33. The second-order valence-electron chi connectivity index (χ2n) is 4.90. The molecule has 19 heavy (non-hydrogen) atoms. The van der Waals surface area contributed by atoms with E-state index in [1.165, 1.54) is 6.26 Å². The zero-order chi connectivity index (χ0) is 13.9. The van der Waals surface area contributed by atoms with Gasteiger partial charge >= 0.3 is 0 Å². The Bertz CT molecular complexity index is 536. The molecule has 0 saturated carbocycles. The molecular formula is C12H18ClN3O2S. The topological polar surface area (TPSA) is 62.3 Å². The number of pyridine rings is 1. The average molecular weight is 304 g/mol. The van der Waals surface area contributed by atoms with Crippen molar-refractivity contribution in [1.29, 1.82) is 0 Å². The minimum Gasteiger partial charge on any atom is -0.370 e. The van der Waals surface area contributed by atoms with Gasteiger partial charge in [-0.15, -0.1) is 0 Å². The zero-order valence-electron chi connectivity index (χ0n) is 10.8. The summed E-state index contributed by atoms with van der Waals surface area (Å²) < 4.78 is 24.8. The molecule has 0 aliphatic carbocycles. The lowest BCUT2D eigenvalue weighted by Gasteiger charge is -2.34. The van der Waals surface area contributed by atoms with Gasteiger partial charge in [0, 0.05) is 32.0 Å². The number of sulfonamides is 1. The first-order valence-corrected chi connectivity index (χ1v) is 8.52. The molecule has 1 aromatic rings. The van der Waals surface area contributed by atoms with E-state index in [1.54, 1.807) is 12.4 Å². The number of halogens is 1. The van der Waals surface area contributed by atoms with E-state index in [2.05, 4.69) is 14.6 Å². The van der Waals surface area contributed by atoms with Crippen molar-refractivity contribution >= 4 is 27.3 Å². The number of aromatic nitrogens is 1. The van der Waals surface area contributed by atoms with Gasteiger partial charge in [0.15, 0.2) is 0 Å². The Morgan fingerprint density at radius 1 is 1.58 bits per heavy atom. The van der Waals surface area contributed by atoms with E-state index < -0.39 is 10.0 Å². The average Bonchev–Trinajstić information content (AvgIpc) is 2.36. The maximum absolute atomic E-state index is 11.1. The summed E-state index contributed by atoms with van der Waals surface area (Å²) in [6.07, 6.45) is 6.61. The van der Waals surface area contributed by atoms with Gasteiger partial charge in [0.1, 0.15) is 0 Å². The van der Waals surface area contributed by atoms with Crippen LogP contribution in [0.4, 0.5) is 5.69 Å². The molecule has 1 saturated heterocycles. The summed E-state index contributed by atoms with van der Waals surface area (Å²) in [5, 5.41) is 0.638. The molecule has 1 N–H and O–H groups in total. The van der Waals surface area contributed by atoms with E-state index >= 15 is 0 Å². The van der Waals surface area contributed by atoms with Gasteiger partial charge in [-0.05, 0) is 24.8 Å². The zero-order valence-corrected chi connectivity index (χ0v) is 12.4. The highest BCUT2D eigenvalue weighted by molar-refractivity contribution is 7.88. The third-order valence-corrected chi connectivity index (χ3v) is 4.23. The SMILES string of the molecule is CS(=O)(=O)NC[C@H]1CCCN(c2ccncc2Cl)C1. The fraction of sp³-hybridized carbons (Fsp3) is 0.583. The van der Waals surface area contributed by atoms with Crippen LogP contribution in [-0.4, -0.2) is 39.3 Å². The van der Waals surface area contributed by atoms with Gasteiger partial charge in [-0.2, -0.15) is 0 Å². The predicted octanol–water partition coefficient (Wildman–Crippen LogP) is 1.50. The molecule has 106 valence electrons. The molecule has 1 fully saturated rings. The van der Waals surface area contributed by atoms with Crippen LogP contribution in [-0.2, 0) is 10.0 Å². The van der Waals surface area contributed by atoms with Crippen molar-refractivity contribution in [3.63, 3.8) is 0 Å². The fourth-order valence-corrected chi connectivity index (χ4v) is 3.12. The van der Waals surface area contributed by atoms with Crippen molar-refractivity contribution in [2.24, 2.45) is 5.92 Å². The van der Waals surface area contributed by atoms with E-state index in [9.17, 15) is 8.42 Å². The van der Waals surface area contributed by atoms with Crippen LogP contribution in [0.5, 0.6) is 0 Å². The molecule has 0 radical (unpaired) electrons. The highest BCUT2D eigenvalue weighted by Crippen LogP contribution is 2.28. The molecule has 1 aliphatic rings. The maximum Gasteiger partial charge on any atom is 0.208 e. The van der Waals surface area contributed by atoms with Crippen molar-refractivity contribution < 1.29 is 8.42 Å². The molecule has 0 aromatic carbocycles. The Morgan fingerprint density at radius 3 is 3.05 bits per heavy atom. The summed E-state index contributed by atoms with van der Waals surface area (Å²) in [6, 6.07) is 1.90. The molecule has 0 unspecified atom stereocenters. The van der Waals surface area contributed by atoms with Gasteiger partial charge in [0.25, 0.3) is 0 Å². The molecule has 5 nitrogen and oxygen atoms in total. The summed E-state index contributed by atoms with van der Waals surface area (Å²) in [5.74, 6) is 0.313. The molecule has 0 spiro atoms. The molecule has 0 amide bonds. The maximum atomic E-state index is 11.1. The van der Waals surface area contributed by atoms with Crippen LogP contribution >= 0.6 is 11.6 Å². The Morgan fingerprint density at radius 2 is 2.37 bits per heavy atom. The van der Waals surface area contributed by atoms with Gasteiger partial charge in [-0.25, -0.2) is 13.1 Å². The second-order valence-corrected chi connectivity index (χ2v) is 7.14. The first kappa shape index (κ1) is 14.6. The highest BCUT2D eigenvalue weighted by Gasteiger charge is 2.22. The minimum atomic E-state index is -3.12. The van der Waals surface area contributed by atoms with Crippen molar-refractivity contribution in [2.45, 2.75) is 12.8 Å². The Labute approximate surface area is 119 Å². The molecule has 2 heterocycles. The summed E-state index contributed by atoms with van der Waals surface area (Å²) in [6.45, 7) is 2.24. The molecule has 2 rings (SSSR count). The first-order valence-electron chi connectivity index (χ1n) is 6.25. The van der Waals surface area contributed by atoms with Crippen LogP contribution in [0.2, 0.25) is 5.02 Å². The van der Waals surface area contributed by atoms with Crippen molar-refractivity contribution in [3.8, 4) is 0 Å².